The Morgan fingerprint density at radius 3 is 2.42 bits per heavy atom. The van der Waals surface area contributed by atoms with Gasteiger partial charge in [0.15, 0.2) is 0 Å². The molecule has 0 bridgehead atoms. The highest BCUT2D eigenvalue weighted by atomic mass is 35.5. The fourth-order valence-electron chi connectivity index (χ4n) is 1.60. The molecule has 0 aliphatic carbocycles. The standard InChI is InChI=1S/C11H11Cl2NO4S/c1-5(2)8-9(13)6(11(15)16)3-7(12)10(8)14-4-19(17)18/h3-5,14H,1-2H3,(H,15,16). The van der Waals surface area contributed by atoms with Crippen molar-refractivity contribution in [3.05, 3.63) is 27.2 Å². The molecule has 19 heavy (non-hydrogen) atoms. The quantitative estimate of drug-likeness (QED) is 0.832. The first-order chi connectivity index (χ1) is 8.75. The second-order valence-corrected chi connectivity index (χ2v) is 5.53. The van der Waals surface area contributed by atoms with E-state index in [1.165, 1.54) is 6.07 Å². The number of rotatable bonds is 4. The van der Waals surface area contributed by atoms with E-state index in [0.29, 0.717) is 5.56 Å². The molecule has 0 unspecified atom stereocenters. The summed E-state index contributed by atoms with van der Waals surface area (Å²) in [4.78, 5) is 11.1. The van der Waals surface area contributed by atoms with Gasteiger partial charge in [0.05, 0.1) is 21.3 Å². The van der Waals surface area contributed by atoms with Gasteiger partial charge in [-0.05, 0) is 17.5 Å². The minimum atomic E-state index is -2.42. The average Bonchev–Trinajstić information content (AvgIpc) is 2.28. The summed E-state index contributed by atoms with van der Waals surface area (Å²) in [5.74, 6) is -1.34. The van der Waals surface area contributed by atoms with Gasteiger partial charge < -0.3 is 10.4 Å². The van der Waals surface area contributed by atoms with Crippen LogP contribution in [0.4, 0.5) is 5.69 Å². The molecule has 0 aliphatic heterocycles. The molecule has 1 rings (SSSR count). The molecule has 0 radical (unpaired) electrons. The highest BCUT2D eigenvalue weighted by Crippen LogP contribution is 2.39. The lowest BCUT2D eigenvalue weighted by atomic mass is 9.98. The van der Waals surface area contributed by atoms with Gasteiger partial charge in [0.25, 0.3) is 0 Å². The van der Waals surface area contributed by atoms with E-state index in [9.17, 15) is 13.2 Å². The molecule has 0 fully saturated rings. The second-order valence-electron chi connectivity index (χ2n) is 3.99. The SMILES string of the molecule is CC(C)c1c(Cl)c(C(=O)O)cc(Cl)c1NC=S(=O)=O. The smallest absolute Gasteiger partial charge is 0.337 e. The van der Waals surface area contributed by atoms with Gasteiger partial charge in [-0.15, -0.1) is 0 Å². The normalized spacial score (nSPS) is 10.4. The molecule has 5 nitrogen and oxygen atoms in total. The van der Waals surface area contributed by atoms with Crippen LogP contribution in [-0.2, 0) is 10.3 Å². The van der Waals surface area contributed by atoms with Gasteiger partial charge in [0.1, 0.15) is 5.49 Å². The number of carboxylic acids is 1. The third-order valence-electron chi connectivity index (χ3n) is 2.36. The number of hydrogen-bond acceptors (Lipinski definition) is 3. The minimum absolute atomic E-state index is 0.0412. The summed E-state index contributed by atoms with van der Waals surface area (Å²) in [5, 5.41) is 11.7. The molecule has 1 aromatic carbocycles. The largest absolute Gasteiger partial charge is 0.478 e. The zero-order chi connectivity index (χ0) is 14.7. The fourth-order valence-corrected chi connectivity index (χ4v) is 2.52. The van der Waals surface area contributed by atoms with E-state index < -0.39 is 16.3 Å². The number of carboxylic acid groups (broad SMARTS) is 1. The van der Waals surface area contributed by atoms with Crippen molar-refractivity contribution in [2.75, 3.05) is 5.32 Å². The van der Waals surface area contributed by atoms with Crippen molar-refractivity contribution in [3.8, 4) is 0 Å². The molecule has 0 aliphatic rings. The van der Waals surface area contributed by atoms with Crippen molar-refractivity contribution in [1.82, 2.24) is 0 Å². The van der Waals surface area contributed by atoms with Crippen LogP contribution in [0.15, 0.2) is 6.07 Å². The summed E-state index contributed by atoms with van der Waals surface area (Å²) >= 11 is 12.0. The Morgan fingerprint density at radius 1 is 1.42 bits per heavy atom. The van der Waals surface area contributed by atoms with Gasteiger partial charge in [0, 0.05) is 0 Å². The van der Waals surface area contributed by atoms with E-state index in [1.807, 2.05) is 0 Å². The number of hydrogen-bond donors (Lipinski definition) is 2. The first-order valence-corrected chi connectivity index (χ1v) is 7.08. The van der Waals surface area contributed by atoms with Crippen molar-refractivity contribution in [3.63, 3.8) is 0 Å². The number of anilines is 1. The molecule has 0 atom stereocenters. The monoisotopic (exact) mass is 323 g/mol. The van der Waals surface area contributed by atoms with Crippen LogP contribution in [0, 0.1) is 0 Å². The van der Waals surface area contributed by atoms with E-state index in [0.717, 1.165) is 5.49 Å². The van der Waals surface area contributed by atoms with E-state index >= 15 is 0 Å². The lowest BCUT2D eigenvalue weighted by Crippen LogP contribution is -2.07. The van der Waals surface area contributed by atoms with Gasteiger partial charge >= 0.3 is 5.97 Å². The van der Waals surface area contributed by atoms with Crippen LogP contribution in [-0.4, -0.2) is 25.0 Å². The highest BCUT2D eigenvalue weighted by molar-refractivity contribution is 7.71. The van der Waals surface area contributed by atoms with E-state index in [2.05, 4.69) is 5.32 Å². The van der Waals surface area contributed by atoms with Gasteiger partial charge in [-0.1, -0.05) is 37.0 Å². The number of aromatic carboxylic acids is 1. The average molecular weight is 324 g/mol. The zero-order valence-electron chi connectivity index (χ0n) is 10.1. The number of halogens is 2. The third kappa shape index (κ3) is 3.62. The fraction of sp³-hybridized carbons (Fsp3) is 0.273. The summed E-state index contributed by atoms with van der Waals surface area (Å²) < 4.78 is 21.1. The molecule has 2 N–H and O–H groups in total. The second kappa shape index (κ2) is 6.27. The molecule has 0 aromatic heterocycles. The van der Waals surface area contributed by atoms with Crippen molar-refractivity contribution in [2.45, 2.75) is 19.8 Å². The topological polar surface area (TPSA) is 83.5 Å². The van der Waals surface area contributed by atoms with Gasteiger partial charge in [-0.2, -0.15) is 8.42 Å². The number of benzene rings is 1. The Labute approximate surface area is 121 Å². The minimum Gasteiger partial charge on any atom is -0.478 e. The van der Waals surface area contributed by atoms with E-state index in [4.69, 9.17) is 28.3 Å². The summed E-state index contributed by atoms with van der Waals surface area (Å²) in [6.45, 7) is 3.59. The lowest BCUT2D eigenvalue weighted by molar-refractivity contribution is 0.0697. The molecular formula is C11H11Cl2NO4S. The third-order valence-corrected chi connectivity index (χ3v) is 3.38. The molecule has 0 saturated heterocycles. The van der Waals surface area contributed by atoms with Crippen LogP contribution in [0.2, 0.25) is 10.0 Å². The highest BCUT2D eigenvalue weighted by Gasteiger charge is 2.21. The van der Waals surface area contributed by atoms with Crippen molar-refractivity contribution >= 4 is 50.6 Å². The molecule has 0 saturated carbocycles. The number of nitrogens with one attached hydrogen (secondary N) is 1. The molecule has 0 spiro atoms. The first kappa shape index (κ1) is 15.8. The Kier molecular flexibility index (Phi) is 5.22. The maximum absolute atomic E-state index is 11.1. The maximum Gasteiger partial charge on any atom is 0.337 e. The van der Waals surface area contributed by atoms with Crippen LogP contribution in [0.25, 0.3) is 0 Å². The van der Waals surface area contributed by atoms with Crippen LogP contribution in [0.1, 0.15) is 35.7 Å². The maximum atomic E-state index is 11.1. The van der Waals surface area contributed by atoms with Crippen LogP contribution < -0.4 is 5.32 Å². The van der Waals surface area contributed by atoms with Crippen molar-refractivity contribution in [2.24, 2.45) is 0 Å². The zero-order valence-corrected chi connectivity index (χ0v) is 12.4. The molecule has 8 heteroatoms. The Bertz CT molecular complexity index is 645. The Hall–Kier alpha value is -1.24. The predicted octanol–water partition coefficient (Wildman–Crippen LogP) is 2.87. The lowest BCUT2D eigenvalue weighted by Gasteiger charge is -2.17. The number of carbonyl (C=O) groups is 1. The Morgan fingerprint density at radius 2 is 2.00 bits per heavy atom. The van der Waals surface area contributed by atoms with E-state index in [1.54, 1.807) is 13.8 Å². The summed E-state index contributed by atoms with van der Waals surface area (Å²) in [7, 11) is -2.42. The van der Waals surface area contributed by atoms with Crippen LogP contribution >= 0.6 is 23.2 Å². The van der Waals surface area contributed by atoms with Crippen LogP contribution in [0.3, 0.4) is 0 Å². The van der Waals surface area contributed by atoms with Gasteiger partial charge in [-0.3, -0.25) is 0 Å². The van der Waals surface area contributed by atoms with Gasteiger partial charge in [-0.25, -0.2) is 4.79 Å². The first-order valence-electron chi connectivity index (χ1n) is 5.18. The molecule has 0 amide bonds. The molecule has 1 aromatic rings. The van der Waals surface area contributed by atoms with Crippen molar-refractivity contribution < 1.29 is 18.3 Å². The molecule has 104 valence electrons. The van der Waals surface area contributed by atoms with E-state index in [-0.39, 0.29) is 27.2 Å². The molecular weight excluding hydrogens is 313 g/mol. The molecule has 0 heterocycles. The summed E-state index contributed by atoms with van der Waals surface area (Å²) in [5.41, 5.74) is 1.43. The van der Waals surface area contributed by atoms with Crippen molar-refractivity contribution in [1.29, 1.82) is 0 Å². The summed E-state index contributed by atoms with van der Waals surface area (Å²) in [6, 6.07) is 1.18. The Balaban J connectivity index is 3.59. The van der Waals surface area contributed by atoms with Gasteiger partial charge in [0.2, 0.25) is 10.3 Å². The predicted molar refractivity (Wildman–Crippen MR) is 76.1 cm³/mol. The van der Waals surface area contributed by atoms with Crippen LogP contribution in [0.5, 0.6) is 0 Å². The summed E-state index contributed by atoms with van der Waals surface area (Å²) in [6.07, 6.45) is 0.